The van der Waals surface area contributed by atoms with E-state index >= 15 is 0 Å². The van der Waals surface area contributed by atoms with Crippen LogP contribution in [0.15, 0.2) is 17.0 Å². The van der Waals surface area contributed by atoms with Crippen LogP contribution in [-0.2, 0) is 10.8 Å². The van der Waals surface area contributed by atoms with Gasteiger partial charge in [0.15, 0.2) is 5.78 Å². The molecule has 1 heterocycles. The van der Waals surface area contributed by atoms with Gasteiger partial charge in [0.05, 0.1) is 35.5 Å². The van der Waals surface area contributed by atoms with Crippen LogP contribution in [0.3, 0.4) is 0 Å². The van der Waals surface area contributed by atoms with E-state index in [4.69, 9.17) is 9.47 Å². The third-order valence-electron chi connectivity index (χ3n) is 2.54. The van der Waals surface area contributed by atoms with E-state index in [0.717, 1.165) is 0 Å². The fourth-order valence-electron chi connectivity index (χ4n) is 1.78. The van der Waals surface area contributed by atoms with E-state index in [1.807, 2.05) is 0 Å². The quantitative estimate of drug-likeness (QED) is 0.784. The fourth-order valence-corrected chi connectivity index (χ4v) is 3.17. The van der Waals surface area contributed by atoms with Crippen molar-refractivity contribution in [2.45, 2.75) is 11.3 Å². The maximum Gasteiger partial charge on any atom is 0.168 e. The third-order valence-corrected chi connectivity index (χ3v) is 3.98. The zero-order chi connectivity index (χ0) is 11.7. The average Bonchev–Trinajstić information content (AvgIpc) is 2.32. The van der Waals surface area contributed by atoms with Crippen LogP contribution in [0.2, 0.25) is 0 Å². The van der Waals surface area contributed by atoms with E-state index in [9.17, 15) is 9.00 Å². The molecule has 0 bridgehead atoms. The van der Waals surface area contributed by atoms with Gasteiger partial charge in [-0.3, -0.25) is 9.00 Å². The molecule has 16 heavy (non-hydrogen) atoms. The zero-order valence-electron chi connectivity index (χ0n) is 9.11. The van der Waals surface area contributed by atoms with Crippen molar-refractivity contribution in [3.8, 4) is 11.5 Å². The van der Waals surface area contributed by atoms with Gasteiger partial charge >= 0.3 is 0 Å². The molecule has 1 aliphatic rings. The van der Waals surface area contributed by atoms with Crippen LogP contribution in [-0.4, -0.2) is 30.0 Å². The van der Waals surface area contributed by atoms with Crippen molar-refractivity contribution < 1.29 is 18.5 Å². The van der Waals surface area contributed by atoms with Gasteiger partial charge in [-0.1, -0.05) is 0 Å². The van der Waals surface area contributed by atoms with Crippen molar-refractivity contribution in [2.75, 3.05) is 20.0 Å². The number of fused-ring (bicyclic) bond motifs is 1. The number of methoxy groups -OCH3 is 2. The van der Waals surface area contributed by atoms with E-state index in [2.05, 4.69) is 0 Å². The lowest BCUT2D eigenvalue weighted by molar-refractivity contribution is 0.0980. The van der Waals surface area contributed by atoms with Gasteiger partial charge in [0.1, 0.15) is 11.5 Å². The zero-order valence-corrected chi connectivity index (χ0v) is 9.93. The van der Waals surface area contributed by atoms with Gasteiger partial charge in [0.2, 0.25) is 0 Å². The Morgan fingerprint density at radius 2 is 1.81 bits per heavy atom. The molecule has 1 aromatic rings. The second-order valence-electron chi connectivity index (χ2n) is 3.40. The Labute approximate surface area is 96.0 Å². The van der Waals surface area contributed by atoms with Crippen molar-refractivity contribution in [2.24, 2.45) is 0 Å². The van der Waals surface area contributed by atoms with Crippen molar-refractivity contribution in [3.63, 3.8) is 0 Å². The summed E-state index contributed by atoms with van der Waals surface area (Å²) in [5, 5.41) is 0. The Morgan fingerprint density at radius 3 is 2.44 bits per heavy atom. The van der Waals surface area contributed by atoms with Gasteiger partial charge in [-0.05, 0) is 12.1 Å². The Balaban J connectivity index is 2.72. The highest BCUT2D eigenvalue weighted by molar-refractivity contribution is 7.85. The number of hydrogen-bond donors (Lipinski definition) is 0. The number of carbonyl (C=O) groups excluding carboxylic acids is 1. The molecule has 0 radical (unpaired) electrons. The minimum Gasteiger partial charge on any atom is -0.496 e. The van der Waals surface area contributed by atoms with Crippen LogP contribution in [0.5, 0.6) is 11.5 Å². The minimum absolute atomic E-state index is 0.0367. The van der Waals surface area contributed by atoms with Crippen molar-refractivity contribution >= 4 is 16.6 Å². The molecule has 1 aliphatic heterocycles. The number of hydrogen-bond acceptors (Lipinski definition) is 4. The first-order chi connectivity index (χ1) is 7.69. The fraction of sp³-hybridized carbons (Fsp3) is 0.364. The first kappa shape index (κ1) is 11.1. The van der Waals surface area contributed by atoms with E-state index < -0.39 is 10.8 Å². The van der Waals surface area contributed by atoms with Crippen LogP contribution in [0.4, 0.5) is 0 Å². The van der Waals surface area contributed by atoms with Gasteiger partial charge in [0, 0.05) is 12.2 Å². The maximum atomic E-state index is 11.9. The summed E-state index contributed by atoms with van der Waals surface area (Å²) in [4.78, 5) is 12.3. The third kappa shape index (κ3) is 1.61. The largest absolute Gasteiger partial charge is 0.496 e. The molecular formula is C11H12O4S. The van der Waals surface area contributed by atoms with E-state index in [-0.39, 0.29) is 5.78 Å². The summed E-state index contributed by atoms with van der Waals surface area (Å²) in [6, 6.07) is 3.34. The summed E-state index contributed by atoms with van der Waals surface area (Å²) in [6.07, 6.45) is 0.295. The lowest BCUT2D eigenvalue weighted by Crippen LogP contribution is -2.18. The number of ether oxygens (including phenoxy) is 2. The molecule has 0 saturated heterocycles. The Bertz CT molecular complexity index is 424. The highest BCUT2D eigenvalue weighted by Gasteiger charge is 2.29. The topological polar surface area (TPSA) is 52.6 Å². The van der Waals surface area contributed by atoms with Crippen LogP contribution in [0.1, 0.15) is 16.8 Å². The molecule has 1 aromatic carbocycles. The lowest BCUT2D eigenvalue weighted by Gasteiger charge is -2.19. The number of benzene rings is 1. The lowest BCUT2D eigenvalue weighted by atomic mass is 10.1. The number of rotatable bonds is 2. The monoisotopic (exact) mass is 240 g/mol. The van der Waals surface area contributed by atoms with Crippen molar-refractivity contribution in [1.82, 2.24) is 0 Å². The molecule has 0 N–H and O–H groups in total. The first-order valence-electron chi connectivity index (χ1n) is 4.85. The molecule has 86 valence electrons. The van der Waals surface area contributed by atoms with E-state index in [1.54, 1.807) is 12.1 Å². The van der Waals surface area contributed by atoms with Crippen LogP contribution < -0.4 is 9.47 Å². The van der Waals surface area contributed by atoms with Crippen LogP contribution in [0, 0.1) is 0 Å². The van der Waals surface area contributed by atoms with Crippen LogP contribution in [0.25, 0.3) is 0 Å². The number of carbonyl (C=O) groups is 1. The molecule has 4 nitrogen and oxygen atoms in total. The van der Waals surface area contributed by atoms with Gasteiger partial charge in [-0.15, -0.1) is 0 Å². The molecule has 1 unspecified atom stereocenters. The maximum absolute atomic E-state index is 11.9. The Morgan fingerprint density at radius 1 is 1.19 bits per heavy atom. The van der Waals surface area contributed by atoms with Gasteiger partial charge in [-0.2, -0.15) is 0 Å². The SMILES string of the molecule is COc1ccc(OC)c2c1C(=O)CCS2=O. The summed E-state index contributed by atoms with van der Waals surface area (Å²) in [5.74, 6) is 1.27. The summed E-state index contributed by atoms with van der Waals surface area (Å²) >= 11 is 0. The summed E-state index contributed by atoms with van der Waals surface area (Å²) in [5.41, 5.74) is 0.409. The molecule has 0 saturated carbocycles. The molecule has 0 spiro atoms. The normalized spacial score (nSPS) is 19.1. The molecule has 0 aliphatic carbocycles. The van der Waals surface area contributed by atoms with Crippen molar-refractivity contribution in [1.29, 1.82) is 0 Å². The van der Waals surface area contributed by atoms with Gasteiger partial charge in [0.25, 0.3) is 0 Å². The summed E-state index contributed by atoms with van der Waals surface area (Å²) in [7, 11) is 1.81. The number of ketones is 1. The molecule has 0 aromatic heterocycles. The first-order valence-corrected chi connectivity index (χ1v) is 6.17. The second-order valence-corrected chi connectivity index (χ2v) is 4.90. The highest BCUT2D eigenvalue weighted by atomic mass is 32.2. The average molecular weight is 240 g/mol. The summed E-state index contributed by atoms with van der Waals surface area (Å²) in [6.45, 7) is 0. The number of Topliss-reactive ketones (excluding diaryl/α,β-unsaturated/α-hetero) is 1. The van der Waals surface area contributed by atoms with Crippen LogP contribution >= 0.6 is 0 Å². The van der Waals surface area contributed by atoms with E-state index in [0.29, 0.717) is 34.1 Å². The van der Waals surface area contributed by atoms with Crippen molar-refractivity contribution in [3.05, 3.63) is 17.7 Å². The molecular weight excluding hydrogens is 228 g/mol. The predicted molar refractivity (Wildman–Crippen MR) is 59.8 cm³/mol. The molecule has 0 amide bonds. The molecule has 1 atom stereocenters. The molecule has 2 rings (SSSR count). The standard InChI is InChI=1S/C11H12O4S/c1-14-8-3-4-9(15-2)11-10(8)7(12)5-6-16(11)13/h3-4H,5-6H2,1-2H3. The smallest absolute Gasteiger partial charge is 0.168 e. The highest BCUT2D eigenvalue weighted by Crippen LogP contribution is 2.36. The second kappa shape index (κ2) is 4.25. The molecule has 0 fully saturated rings. The Hall–Kier alpha value is -1.36. The minimum atomic E-state index is -1.18. The Kier molecular flexibility index (Phi) is 2.96. The summed E-state index contributed by atoms with van der Waals surface area (Å²) < 4.78 is 22.2. The van der Waals surface area contributed by atoms with E-state index in [1.165, 1.54) is 14.2 Å². The van der Waals surface area contributed by atoms with Gasteiger partial charge in [-0.25, -0.2) is 0 Å². The van der Waals surface area contributed by atoms with Gasteiger partial charge < -0.3 is 9.47 Å². The predicted octanol–water partition coefficient (Wildman–Crippen LogP) is 1.40. The molecule has 5 heteroatoms.